The molecule has 2 N–H and O–H groups in total. The summed E-state index contributed by atoms with van der Waals surface area (Å²) < 4.78 is 38.8. The second kappa shape index (κ2) is 8.63. The molecule has 0 saturated heterocycles. The Morgan fingerprint density at radius 1 is 1.23 bits per heavy atom. The third-order valence-corrected chi connectivity index (χ3v) is 6.88. The van der Waals surface area contributed by atoms with E-state index in [1.165, 1.54) is 37.4 Å². The van der Waals surface area contributed by atoms with E-state index in [4.69, 9.17) is 9.47 Å². The molecule has 0 bridgehead atoms. The van der Waals surface area contributed by atoms with Crippen molar-refractivity contribution in [1.82, 2.24) is 4.72 Å². The number of aliphatic hydroxyl groups is 1. The van der Waals surface area contributed by atoms with E-state index < -0.39 is 27.3 Å². The molecule has 3 rings (SSSR count). The number of nitrogens with one attached hydrogen (secondary N) is 1. The molecule has 0 aromatic heterocycles. The fourth-order valence-corrected chi connectivity index (χ4v) is 5.12. The van der Waals surface area contributed by atoms with Gasteiger partial charge in [0.25, 0.3) is 5.72 Å². The van der Waals surface area contributed by atoms with Crippen molar-refractivity contribution in [2.24, 2.45) is 0 Å². The van der Waals surface area contributed by atoms with Gasteiger partial charge in [-0.2, -0.15) is 4.72 Å². The molecule has 0 aliphatic heterocycles. The number of hydrogen-bond acceptors (Lipinski definition) is 7. The molecule has 1 aliphatic rings. The van der Waals surface area contributed by atoms with Gasteiger partial charge in [0, 0.05) is 5.56 Å². The van der Waals surface area contributed by atoms with Crippen molar-refractivity contribution in [3.63, 3.8) is 0 Å². The Bertz CT molecular complexity index is 1110. The lowest BCUT2D eigenvalue weighted by Gasteiger charge is -2.33. The summed E-state index contributed by atoms with van der Waals surface area (Å²) in [7, 11) is -2.92. The average Bonchev–Trinajstić information content (AvgIpc) is 2.88. The lowest BCUT2D eigenvalue weighted by atomic mass is 9.80. The summed E-state index contributed by atoms with van der Waals surface area (Å²) in [6.07, 6.45) is 0.657. The van der Waals surface area contributed by atoms with E-state index in [-0.39, 0.29) is 23.5 Å². The van der Waals surface area contributed by atoms with Crippen LogP contribution in [0.15, 0.2) is 53.4 Å². The highest BCUT2D eigenvalue weighted by atomic mass is 32.2. The van der Waals surface area contributed by atoms with Crippen LogP contribution in [0.2, 0.25) is 0 Å². The van der Waals surface area contributed by atoms with Crippen molar-refractivity contribution in [3.8, 4) is 5.75 Å². The van der Waals surface area contributed by atoms with Gasteiger partial charge in [-0.3, -0.25) is 0 Å². The number of diazo groups is 1. The van der Waals surface area contributed by atoms with Gasteiger partial charge in [-0.1, -0.05) is 24.3 Å². The van der Waals surface area contributed by atoms with E-state index in [0.717, 1.165) is 0 Å². The minimum Gasteiger partial charge on any atom is -0.497 e. The number of hydrogen-bond donors (Lipinski definition) is 2. The number of ether oxygens (including phenoxy) is 2. The maximum atomic E-state index is 13.2. The minimum absolute atomic E-state index is 0.0426. The summed E-state index contributed by atoms with van der Waals surface area (Å²) in [6.45, 7) is 1.52. The van der Waals surface area contributed by atoms with Gasteiger partial charge in [-0.05, 0) is 49.6 Å². The Morgan fingerprint density at radius 2 is 1.90 bits per heavy atom. The molecule has 10 heteroatoms. The van der Waals surface area contributed by atoms with Gasteiger partial charge in [-0.25, -0.2) is 13.2 Å². The van der Waals surface area contributed by atoms with Gasteiger partial charge in [0.2, 0.25) is 15.4 Å². The van der Waals surface area contributed by atoms with E-state index in [2.05, 4.69) is 9.70 Å². The second-order valence-electron chi connectivity index (χ2n) is 7.18. The Morgan fingerprint density at radius 3 is 2.52 bits per heavy atom. The first-order chi connectivity index (χ1) is 14.7. The average molecular weight is 447 g/mol. The van der Waals surface area contributed by atoms with E-state index in [1.807, 2.05) is 0 Å². The molecular weight excluding hydrogens is 422 g/mol. The molecule has 164 valence electrons. The molecule has 0 heterocycles. The number of methoxy groups -OCH3 is 1. The fourth-order valence-electron chi connectivity index (χ4n) is 3.84. The van der Waals surface area contributed by atoms with Crippen LogP contribution in [0, 0.1) is 5.39 Å². The van der Waals surface area contributed by atoms with E-state index >= 15 is 0 Å². The topological polar surface area (TPSA) is 130 Å². The molecule has 2 aromatic rings. The third-order valence-electron chi connectivity index (χ3n) is 5.43. The normalized spacial score (nSPS) is 23.2. The molecule has 0 spiro atoms. The summed E-state index contributed by atoms with van der Waals surface area (Å²) in [5.41, 5.74) is -4.15. The number of rotatable bonds is 6. The maximum Gasteiger partial charge on any atom is 0.462 e. The predicted molar refractivity (Wildman–Crippen MR) is 111 cm³/mol. The molecule has 2 atom stereocenters. The summed E-state index contributed by atoms with van der Waals surface area (Å²) in [6, 6.07) is 12.1. The molecule has 1 aliphatic carbocycles. The number of nitrogens with zero attached hydrogens (tertiary/aromatic N) is 2. The minimum atomic E-state index is -4.37. The Labute approximate surface area is 180 Å². The van der Waals surface area contributed by atoms with Crippen molar-refractivity contribution in [1.29, 1.82) is 5.39 Å². The Hall–Kier alpha value is -3.00. The highest BCUT2D eigenvalue weighted by molar-refractivity contribution is 7.89. The van der Waals surface area contributed by atoms with Crippen molar-refractivity contribution in [2.75, 3.05) is 13.7 Å². The molecule has 0 radical (unpaired) electrons. The summed E-state index contributed by atoms with van der Waals surface area (Å²) >= 11 is 0. The highest BCUT2D eigenvalue weighted by Crippen LogP contribution is 2.44. The number of sulfonamides is 1. The predicted octanol–water partition coefficient (Wildman–Crippen LogP) is 2.31. The number of esters is 1. The van der Waals surface area contributed by atoms with Crippen molar-refractivity contribution in [3.05, 3.63) is 64.6 Å². The monoisotopic (exact) mass is 446 g/mol. The van der Waals surface area contributed by atoms with Crippen molar-refractivity contribution < 1.29 is 27.8 Å². The molecule has 2 unspecified atom stereocenters. The summed E-state index contributed by atoms with van der Waals surface area (Å²) in [5.74, 6) is -0.585. The van der Waals surface area contributed by atoms with Crippen LogP contribution in [0.3, 0.4) is 0 Å². The van der Waals surface area contributed by atoms with E-state index in [9.17, 15) is 23.7 Å². The number of aryl methyl sites for hydroxylation is 1. The number of carbonyl (C=O) groups is 1. The first kappa shape index (κ1) is 22.7. The van der Waals surface area contributed by atoms with Crippen LogP contribution in [-0.4, -0.2) is 38.7 Å². The molecule has 31 heavy (non-hydrogen) atoms. The molecule has 0 fully saturated rings. The largest absolute Gasteiger partial charge is 0.497 e. The van der Waals surface area contributed by atoms with Crippen molar-refractivity contribution >= 4 is 16.0 Å². The third kappa shape index (κ3) is 3.87. The lowest BCUT2D eigenvalue weighted by Crippen LogP contribution is -2.64. The quantitative estimate of drug-likeness (QED) is 0.301. The maximum absolute atomic E-state index is 13.2. The van der Waals surface area contributed by atoms with Gasteiger partial charge in [-0.15, -0.1) is 0 Å². The van der Waals surface area contributed by atoms with E-state index in [1.54, 1.807) is 25.1 Å². The summed E-state index contributed by atoms with van der Waals surface area (Å²) in [4.78, 5) is 16.0. The molecule has 9 nitrogen and oxygen atoms in total. The SMILES string of the molecule is CCOC(=O)C1([N+]#N)CCCc2ccccc2C1(O)NS(=O)(=O)c1ccc(OC)cc1. The first-order valence-electron chi connectivity index (χ1n) is 9.76. The van der Waals surface area contributed by atoms with Gasteiger partial charge in [0.1, 0.15) is 10.7 Å². The smallest absolute Gasteiger partial charge is 0.462 e. The summed E-state index contributed by atoms with van der Waals surface area (Å²) in [5, 5.41) is 21.8. The molecule has 0 amide bonds. The zero-order valence-corrected chi connectivity index (χ0v) is 18.1. The highest BCUT2D eigenvalue weighted by Gasteiger charge is 2.73. The van der Waals surface area contributed by atoms with Gasteiger partial charge >= 0.3 is 11.5 Å². The zero-order chi connectivity index (χ0) is 22.7. The molecule has 0 saturated carbocycles. The number of benzene rings is 2. The zero-order valence-electron chi connectivity index (χ0n) is 17.2. The Kier molecular flexibility index (Phi) is 6.31. The van der Waals surface area contributed by atoms with Crippen LogP contribution in [0.25, 0.3) is 4.98 Å². The van der Waals surface area contributed by atoms with Crippen LogP contribution in [0.4, 0.5) is 0 Å². The Balaban J connectivity index is 2.20. The number of fused-ring (bicyclic) bond motifs is 1. The van der Waals surface area contributed by atoms with Crippen molar-refractivity contribution in [2.45, 2.75) is 42.3 Å². The van der Waals surface area contributed by atoms with Gasteiger partial charge in [0.05, 0.1) is 25.0 Å². The number of carbonyl (C=O) groups excluding carboxylic acids is 1. The fraction of sp³-hybridized carbons (Fsp3) is 0.381. The molecular formula is C21H24N3O6S+. The first-order valence-corrected chi connectivity index (χ1v) is 11.2. The van der Waals surface area contributed by atoms with Crippen LogP contribution >= 0.6 is 0 Å². The van der Waals surface area contributed by atoms with E-state index in [0.29, 0.717) is 24.2 Å². The second-order valence-corrected chi connectivity index (χ2v) is 8.87. The van der Waals surface area contributed by atoms with Crippen LogP contribution in [0.1, 0.15) is 30.9 Å². The van der Waals surface area contributed by atoms with Crippen LogP contribution in [-0.2, 0) is 31.7 Å². The standard InChI is InChI=1S/C21H24N3O6S/c1-3-30-19(25)20(23-22)14-6-8-15-7-4-5-9-18(15)21(20,26)24-31(27,28)17-12-10-16(29-2)11-13-17/h4-5,7,9-13,24,26H,3,6,8,14H2,1-2H3/q+1. The van der Waals surface area contributed by atoms with Crippen LogP contribution in [0.5, 0.6) is 5.75 Å². The molecule has 2 aromatic carbocycles. The lowest BCUT2D eigenvalue weighted by molar-refractivity contribution is -0.161. The van der Waals surface area contributed by atoms with Crippen LogP contribution < -0.4 is 9.46 Å². The van der Waals surface area contributed by atoms with Gasteiger partial charge < -0.3 is 14.6 Å². The van der Waals surface area contributed by atoms with Gasteiger partial charge in [0.15, 0.2) is 0 Å².